The highest BCUT2D eigenvalue weighted by Gasteiger charge is 2.31. The molecule has 0 bridgehead atoms. The maximum absolute atomic E-state index is 14.2. The molecule has 1 amide bonds. The Hall–Kier alpha value is -2.35. The number of benzene rings is 1. The number of carbonyl (C=O) groups excluding carboxylic acids is 2. The molecular formula is C16H22FN3O4. The van der Waals surface area contributed by atoms with Gasteiger partial charge in [-0.05, 0) is 39.0 Å². The van der Waals surface area contributed by atoms with Crippen LogP contribution < -0.4 is 16.0 Å². The molecule has 1 aromatic carbocycles. The van der Waals surface area contributed by atoms with Gasteiger partial charge in [-0.1, -0.05) is 0 Å². The quantitative estimate of drug-likeness (QED) is 0.795. The normalized spacial score (nSPS) is 17.6. The van der Waals surface area contributed by atoms with Gasteiger partial charge < -0.3 is 20.5 Å². The topological polar surface area (TPSA) is 93.9 Å². The molecule has 1 fully saturated rings. The van der Waals surface area contributed by atoms with Crippen LogP contribution in [0.3, 0.4) is 0 Å². The molecular weight excluding hydrogens is 317 g/mol. The Morgan fingerprint density at radius 1 is 1.50 bits per heavy atom. The Kier molecular flexibility index (Phi) is 5.28. The highest BCUT2D eigenvalue weighted by Crippen LogP contribution is 2.25. The fraction of sp³-hybridized carbons (Fsp3) is 0.500. The summed E-state index contributed by atoms with van der Waals surface area (Å²) in [6, 6.07) is 4.23. The minimum atomic E-state index is -0.600. The predicted molar refractivity (Wildman–Crippen MR) is 87.4 cm³/mol. The molecule has 0 spiro atoms. The van der Waals surface area contributed by atoms with Crippen molar-refractivity contribution in [3.05, 3.63) is 24.0 Å². The highest BCUT2D eigenvalue weighted by atomic mass is 19.1. The lowest BCUT2D eigenvalue weighted by atomic mass is 10.2. The van der Waals surface area contributed by atoms with Crippen molar-refractivity contribution in [2.24, 2.45) is 5.73 Å². The fourth-order valence-corrected chi connectivity index (χ4v) is 2.22. The number of hydrogen-bond donors (Lipinski definition) is 2. The van der Waals surface area contributed by atoms with Crippen molar-refractivity contribution in [3.8, 4) is 0 Å². The van der Waals surface area contributed by atoms with Crippen molar-refractivity contribution in [2.45, 2.75) is 32.5 Å². The standard InChI is InChI=1S/C16H22FN3O4/c1-16(2,3)24-14(21)8-19-13-5-4-10(6-12(13)17)20-9-11(7-18)23-15(20)22/h4-6,11,19H,7-9,18H2,1-3H3. The Morgan fingerprint density at radius 2 is 2.21 bits per heavy atom. The van der Waals surface area contributed by atoms with Crippen LogP contribution in [0, 0.1) is 5.82 Å². The molecule has 1 aromatic rings. The summed E-state index contributed by atoms with van der Waals surface area (Å²) < 4.78 is 24.4. The number of nitrogens with zero attached hydrogens (tertiary/aromatic N) is 1. The van der Waals surface area contributed by atoms with Crippen LogP contribution in [0.5, 0.6) is 0 Å². The van der Waals surface area contributed by atoms with E-state index < -0.39 is 29.6 Å². The summed E-state index contributed by atoms with van der Waals surface area (Å²) in [5.41, 5.74) is 5.39. The SMILES string of the molecule is CC(C)(C)OC(=O)CNc1ccc(N2CC(CN)OC2=O)cc1F. The maximum Gasteiger partial charge on any atom is 0.414 e. The molecule has 2 rings (SSSR count). The van der Waals surface area contributed by atoms with Crippen LogP contribution in [-0.2, 0) is 14.3 Å². The van der Waals surface area contributed by atoms with Crippen LogP contribution in [0.25, 0.3) is 0 Å². The molecule has 7 nitrogen and oxygen atoms in total. The van der Waals surface area contributed by atoms with Gasteiger partial charge >= 0.3 is 12.1 Å². The largest absolute Gasteiger partial charge is 0.459 e. The summed E-state index contributed by atoms with van der Waals surface area (Å²) >= 11 is 0. The van der Waals surface area contributed by atoms with Gasteiger partial charge in [0, 0.05) is 6.54 Å². The van der Waals surface area contributed by atoms with Gasteiger partial charge in [0.2, 0.25) is 0 Å². The molecule has 132 valence electrons. The van der Waals surface area contributed by atoms with Gasteiger partial charge in [-0.15, -0.1) is 0 Å². The van der Waals surface area contributed by atoms with Crippen molar-refractivity contribution in [2.75, 3.05) is 29.9 Å². The second kappa shape index (κ2) is 7.04. The Labute approximate surface area is 139 Å². The van der Waals surface area contributed by atoms with Gasteiger partial charge in [0.05, 0.1) is 17.9 Å². The fourth-order valence-electron chi connectivity index (χ4n) is 2.22. The molecule has 3 N–H and O–H groups in total. The molecule has 1 aliphatic heterocycles. The van der Waals surface area contributed by atoms with Crippen molar-refractivity contribution in [1.82, 2.24) is 0 Å². The first kappa shape index (κ1) is 18.0. The molecule has 1 heterocycles. The lowest BCUT2D eigenvalue weighted by Gasteiger charge is -2.20. The van der Waals surface area contributed by atoms with E-state index >= 15 is 0 Å². The smallest absolute Gasteiger partial charge is 0.414 e. The Bertz CT molecular complexity index is 630. The zero-order valence-electron chi connectivity index (χ0n) is 14.0. The lowest BCUT2D eigenvalue weighted by Crippen LogP contribution is -2.28. The summed E-state index contributed by atoms with van der Waals surface area (Å²) in [5, 5.41) is 2.68. The Balaban J connectivity index is 2.00. The van der Waals surface area contributed by atoms with Gasteiger partial charge in [-0.3, -0.25) is 9.69 Å². The van der Waals surface area contributed by atoms with E-state index in [9.17, 15) is 14.0 Å². The summed E-state index contributed by atoms with van der Waals surface area (Å²) in [6.07, 6.45) is -0.954. The second-order valence-corrected chi connectivity index (χ2v) is 6.46. The first-order valence-corrected chi connectivity index (χ1v) is 7.63. The predicted octanol–water partition coefficient (Wildman–Crippen LogP) is 1.86. The summed E-state index contributed by atoms with van der Waals surface area (Å²) in [4.78, 5) is 24.7. The first-order chi connectivity index (χ1) is 11.2. The van der Waals surface area contributed by atoms with Gasteiger partial charge in [0.25, 0.3) is 0 Å². The van der Waals surface area contributed by atoms with Crippen LogP contribution >= 0.6 is 0 Å². The van der Waals surface area contributed by atoms with E-state index in [1.807, 2.05) is 0 Å². The second-order valence-electron chi connectivity index (χ2n) is 6.46. The number of amides is 1. The third-order valence-electron chi connectivity index (χ3n) is 3.24. The van der Waals surface area contributed by atoms with Crippen molar-refractivity contribution < 1.29 is 23.5 Å². The van der Waals surface area contributed by atoms with E-state index in [4.69, 9.17) is 15.2 Å². The zero-order chi connectivity index (χ0) is 17.9. The molecule has 8 heteroatoms. The number of anilines is 2. The first-order valence-electron chi connectivity index (χ1n) is 7.63. The monoisotopic (exact) mass is 339 g/mol. The van der Waals surface area contributed by atoms with E-state index in [0.29, 0.717) is 5.69 Å². The van der Waals surface area contributed by atoms with Crippen LogP contribution in [-0.4, -0.2) is 43.4 Å². The van der Waals surface area contributed by atoms with Crippen LogP contribution in [0.2, 0.25) is 0 Å². The zero-order valence-corrected chi connectivity index (χ0v) is 14.0. The van der Waals surface area contributed by atoms with Crippen molar-refractivity contribution in [1.29, 1.82) is 0 Å². The number of carbonyl (C=O) groups is 2. The van der Waals surface area contributed by atoms with Crippen molar-refractivity contribution in [3.63, 3.8) is 0 Å². The average molecular weight is 339 g/mol. The van der Waals surface area contributed by atoms with Crippen LogP contribution in [0.4, 0.5) is 20.6 Å². The number of cyclic esters (lactones) is 1. The molecule has 0 aliphatic carbocycles. The molecule has 1 aliphatic rings. The number of rotatable bonds is 5. The molecule has 0 saturated carbocycles. The lowest BCUT2D eigenvalue weighted by molar-refractivity contribution is -0.152. The van der Waals surface area contributed by atoms with Gasteiger partial charge in [0.15, 0.2) is 0 Å². The molecule has 1 saturated heterocycles. The third-order valence-corrected chi connectivity index (χ3v) is 3.24. The van der Waals surface area contributed by atoms with Gasteiger partial charge in [-0.2, -0.15) is 0 Å². The van der Waals surface area contributed by atoms with Crippen molar-refractivity contribution >= 4 is 23.4 Å². The summed E-state index contributed by atoms with van der Waals surface area (Å²) in [7, 11) is 0. The highest BCUT2D eigenvalue weighted by molar-refractivity contribution is 5.90. The molecule has 0 radical (unpaired) electrons. The maximum atomic E-state index is 14.2. The third kappa shape index (κ3) is 4.58. The number of hydrogen-bond acceptors (Lipinski definition) is 6. The number of nitrogens with two attached hydrogens (primary N) is 1. The minimum Gasteiger partial charge on any atom is -0.459 e. The van der Waals surface area contributed by atoms with E-state index in [2.05, 4.69) is 5.32 Å². The number of halogens is 1. The van der Waals surface area contributed by atoms with E-state index in [1.54, 1.807) is 26.8 Å². The van der Waals surface area contributed by atoms with E-state index in [0.717, 1.165) is 0 Å². The Morgan fingerprint density at radius 3 is 2.75 bits per heavy atom. The number of nitrogens with one attached hydrogen (secondary N) is 1. The summed E-state index contributed by atoms with van der Waals surface area (Å²) in [6.45, 7) is 5.59. The van der Waals surface area contributed by atoms with Crippen LogP contribution in [0.15, 0.2) is 18.2 Å². The molecule has 1 unspecified atom stereocenters. The average Bonchev–Trinajstić information content (AvgIpc) is 2.85. The van der Waals surface area contributed by atoms with E-state index in [1.165, 1.54) is 17.0 Å². The number of ether oxygens (including phenoxy) is 2. The molecule has 0 aromatic heterocycles. The summed E-state index contributed by atoms with van der Waals surface area (Å²) in [5.74, 6) is -1.07. The van der Waals surface area contributed by atoms with Gasteiger partial charge in [0.1, 0.15) is 24.1 Å². The minimum absolute atomic E-state index is 0.146. The van der Waals surface area contributed by atoms with Crippen LogP contribution in [0.1, 0.15) is 20.8 Å². The number of esters is 1. The van der Waals surface area contributed by atoms with Gasteiger partial charge in [-0.25, -0.2) is 9.18 Å². The molecule has 24 heavy (non-hydrogen) atoms. The van der Waals surface area contributed by atoms with E-state index in [-0.39, 0.29) is 25.3 Å². The molecule has 1 atom stereocenters.